The van der Waals surface area contributed by atoms with Crippen LogP contribution in [0, 0.1) is 0 Å². The molecule has 1 aromatic heterocycles. The molecule has 0 unspecified atom stereocenters. The summed E-state index contributed by atoms with van der Waals surface area (Å²) in [6.07, 6.45) is 2.63. The molecule has 0 aliphatic carbocycles. The number of hydrogen-bond donors (Lipinski definition) is 2. The van der Waals surface area contributed by atoms with Gasteiger partial charge in [0, 0.05) is 32.7 Å². The van der Waals surface area contributed by atoms with Crippen LogP contribution in [0.15, 0.2) is 6.33 Å². The van der Waals surface area contributed by atoms with Gasteiger partial charge in [0.05, 0.1) is 26.4 Å². The van der Waals surface area contributed by atoms with E-state index in [1.807, 2.05) is 0 Å². The van der Waals surface area contributed by atoms with Crippen molar-refractivity contribution in [2.75, 3.05) is 81.6 Å². The summed E-state index contributed by atoms with van der Waals surface area (Å²) in [5.74, 6) is 1.53. The van der Waals surface area contributed by atoms with E-state index < -0.39 is 0 Å². The Hall–Kier alpha value is -1.64. The number of rotatable bonds is 6. The molecule has 2 fully saturated rings. The molecular formula is C15H26N6O2. The molecule has 0 bridgehead atoms. The number of morpholine rings is 2. The zero-order valence-corrected chi connectivity index (χ0v) is 13.5. The van der Waals surface area contributed by atoms with Gasteiger partial charge in [0.1, 0.15) is 12.0 Å². The molecule has 0 aromatic carbocycles. The van der Waals surface area contributed by atoms with Crippen molar-refractivity contribution < 1.29 is 9.47 Å². The van der Waals surface area contributed by atoms with Gasteiger partial charge < -0.3 is 25.4 Å². The number of nitrogens with zero attached hydrogens (tertiary/aromatic N) is 4. The van der Waals surface area contributed by atoms with Crippen molar-refractivity contribution in [1.29, 1.82) is 0 Å². The van der Waals surface area contributed by atoms with Gasteiger partial charge in [0.2, 0.25) is 0 Å². The van der Waals surface area contributed by atoms with E-state index in [9.17, 15) is 0 Å². The topological polar surface area (TPSA) is 88.8 Å². The molecule has 3 rings (SSSR count). The smallest absolute Gasteiger partial charge is 0.157 e. The second-order valence-corrected chi connectivity index (χ2v) is 5.79. The minimum Gasteiger partial charge on any atom is -0.393 e. The molecule has 8 heteroatoms. The van der Waals surface area contributed by atoms with Crippen LogP contribution in [0.3, 0.4) is 0 Å². The van der Waals surface area contributed by atoms with E-state index in [0.717, 1.165) is 70.5 Å². The zero-order chi connectivity index (χ0) is 15.9. The van der Waals surface area contributed by atoms with E-state index in [1.165, 1.54) is 0 Å². The predicted octanol–water partition coefficient (Wildman–Crippen LogP) is 0.0296. The molecular weight excluding hydrogens is 296 g/mol. The summed E-state index contributed by atoms with van der Waals surface area (Å²) < 4.78 is 10.7. The number of nitrogen functional groups attached to an aromatic ring is 1. The molecule has 0 radical (unpaired) electrons. The van der Waals surface area contributed by atoms with Crippen LogP contribution in [-0.2, 0) is 9.47 Å². The summed E-state index contributed by atoms with van der Waals surface area (Å²) in [5.41, 5.74) is 6.87. The first-order chi connectivity index (χ1) is 11.3. The minimum atomic E-state index is 0.626. The molecule has 0 amide bonds. The van der Waals surface area contributed by atoms with Gasteiger partial charge in [-0.1, -0.05) is 0 Å². The number of nitrogens with one attached hydrogen (secondary N) is 1. The quantitative estimate of drug-likeness (QED) is 0.709. The van der Waals surface area contributed by atoms with Crippen LogP contribution in [0.5, 0.6) is 0 Å². The lowest BCUT2D eigenvalue weighted by atomic mass is 10.3. The molecule has 3 heterocycles. The van der Waals surface area contributed by atoms with E-state index in [2.05, 4.69) is 25.1 Å². The fourth-order valence-corrected chi connectivity index (χ4v) is 2.89. The van der Waals surface area contributed by atoms with Crippen molar-refractivity contribution >= 4 is 17.3 Å². The molecule has 0 saturated carbocycles. The third-order valence-corrected chi connectivity index (χ3v) is 4.22. The van der Waals surface area contributed by atoms with Gasteiger partial charge in [-0.15, -0.1) is 0 Å². The molecule has 3 N–H and O–H groups in total. The number of anilines is 3. The molecule has 0 atom stereocenters. The van der Waals surface area contributed by atoms with E-state index in [-0.39, 0.29) is 0 Å². The summed E-state index contributed by atoms with van der Waals surface area (Å²) in [5, 5.41) is 3.34. The molecule has 1 aromatic rings. The maximum absolute atomic E-state index is 6.24. The first-order valence-corrected chi connectivity index (χ1v) is 8.32. The number of hydrogen-bond acceptors (Lipinski definition) is 8. The van der Waals surface area contributed by atoms with Gasteiger partial charge >= 0.3 is 0 Å². The van der Waals surface area contributed by atoms with Crippen molar-refractivity contribution in [3.63, 3.8) is 0 Å². The summed E-state index contributed by atoms with van der Waals surface area (Å²) >= 11 is 0. The SMILES string of the molecule is Nc1c(NCCCN2CCOCC2)ncnc1N1CCOCC1. The van der Waals surface area contributed by atoms with Crippen LogP contribution in [0.4, 0.5) is 17.3 Å². The lowest BCUT2D eigenvalue weighted by molar-refractivity contribution is 0.0378. The lowest BCUT2D eigenvalue weighted by Crippen LogP contribution is -2.37. The first kappa shape index (κ1) is 16.2. The highest BCUT2D eigenvalue weighted by molar-refractivity contribution is 5.74. The number of aromatic nitrogens is 2. The highest BCUT2D eigenvalue weighted by atomic mass is 16.5. The Bertz CT molecular complexity index is 489. The Kier molecular flexibility index (Phi) is 5.84. The fraction of sp³-hybridized carbons (Fsp3) is 0.733. The summed E-state index contributed by atoms with van der Waals surface area (Å²) in [6.45, 7) is 8.71. The average molecular weight is 322 g/mol. The van der Waals surface area contributed by atoms with Crippen molar-refractivity contribution in [3.8, 4) is 0 Å². The highest BCUT2D eigenvalue weighted by Crippen LogP contribution is 2.26. The highest BCUT2D eigenvalue weighted by Gasteiger charge is 2.17. The third kappa shape index (κ3) is 4.43. The Morgan fingerprint density at radius 3 is 2.48 bits per heavy atom. The van der Waals surface area contributed by atoms with E-state index in [0.29, 0.717) is 18.9 Å². The van der Waals surface area contributed by atoms with Crippen molar-refractivity contribution in [2.24, 2.45) is 0 Å². The van der Waals surface area contributed by atoms with Crippen LogP contribution in [0.1, 0.15) is 6.42 Å². The monoisotopic (exact) mass is 322 g/mol. The van der Waals surface area contributed by atoms with Crippen LogP contribution in [-0.4, -0.2) is 80.6 Å². The normalized spacial score (nSPS) is 19.7. The van der Waals surface area contributed by atoms with Crippen LogP contribution in [0.2, 0.25) is 0 Å². The summed E-state index contributed by atoms with van der Waals surface area (Å²) in [6, 6.07) is 0. The van der Waals surface area contributed by atoms with Crippen molar-refractivity contribution in [1.82, 2.24) is 14.9 Å². The first-order valence-electron chi connectivity index (χ1n) is 8.32. The van der Waals surface area contributed by atoms with Gasteiger partial charge in [-0.3, -0.25) is 4.90 Å². The average Bonchev–Trinajstić information content (AvgIpc) is 2.61. The maximum Gasteiger partial charge on any atom is 0.157 e. The van der Waals surface area contributed by atoms with Gasteiger partial charge in [0.15, 0.2) is 11.6 Å². The van der Waals surface area contributed by atoms with Crippen LogP contribution in [0.25, 0.3) is 0 Å². The molecule has 2 aliphatic rings. The minimum absolute atomic E-state index is 0.626. The molecule has 128 valence electrons. The maximum atomic E-state index is 6.24. The lowest BCUT2D eigenvalue weighted by Gasteiger charge is -2.29. The van der Waals surface area contributed by atoms with Crippen LogP contribution >= 0.6 is 0 Å². The van der Waals surface area contributed by atoms with Crippen molar-refractivity contribution in [2.45, 2.75) is 6.42 Å². The Morgan fingerprint density at radius 2 is 1.74 bits per heavy atom. The van der Waals surface area contributed by atoms with Crippen molar-refractivity contribution in [3.05, 3.63) is 6.33 Å². The number of ether oxygens (including phenoxy) is 2. The van der Waals surface area contributed by atoms with E-state index in [4.69, 9.17) is 15.2 Å². The number of nitrogens with two attached hydrogens (primary N) is 1. The third-order valence-electron chi connectivity index (χ3n) is 4.22. The Labute approximate surface area is 137 Å². The standard InChI is InChI=1S/C15H26N6O2/c16-13-14(17-2-1-3-20-4-8-22-9-5-20)18-12-19-15(13)21-6-10-23-11-7-21/h12H,1-11,16H2,(H,17,18,19). The largest absolute Gasteiger partial charge is 0.393 e. The molecule has 23 heavy (non-hydrogen) atoms. The predicted molar refractivity (Wildman–Crippen MR) is 89.8 cm³/mol. The van der Waals surface area contributed by atoms with Gasteiger partial charge in [-0.05, 0) is 13.0 Å². The fourth-order valence-electron chi connectivity index (χ4n) is 2.89. The van der Waals surface area contributed by atoms with Gasteiger partial charge in [0.25, 0.3) is 0 Å². The summed E-state index contributed by atoms with van der Waals surface area (Å²) in [7, 11) is 0. The second-order valence-electron chi connectivity index (χ2n) is 5.79. The molecule has 0 spiro atoms. The van der Waals surface area contributed by atoms with Gasteiger partial charge in [-0.2, -0.15) is 0 Å². The zero-order valence-electron chi connectivity index (χ0n) is 13.5. The molecule has 2 saturated heterocycles. The Morgan fingerprint density at radius 1 is 1.04 bits per heavy atom. The van der Waals surface area contributed by atoms with Crippen LogP contribution < -0.4 is 16.0 Å². The second kappa shape index (κ2) is 8.28. The van der Waals surface area contributed by atoms with E-state index >= 15 is 0 Å². The molecule has 8 nitrogen and oxygen atoms in total. The summed E-state index contributed by atoms with van der Waals surface area (Å²) in [4.78, 5) is 13.2. The molecule has 2 aliphatic heterocycles. The van der Waals surface area contributed by atoms with E-state index in [1.54, 1.807) is 6.33 Å². The van der Waals surface area contributed by atoms with Gasteiger partial charge in [-0.25, -0.2) is 9.97 Å². The Balaban J connectivity index is 1.49.